The van der Waals surface area contributed by atoms with Crippen LogP contribution in [0, 0.1) is 17.8 Å². The molecule has 0 aliphatic heterocycles. The summed E-state index contributed by atoms with van der Waals surface area (Å²) in [6.45, 7) is 6.15. The maximum atomic E-state index is 8.87. The summed E-state index contributed by atoms with van der Waals surface area (Å²) in [7, 11) is 0. The molecule has 1 aliphatic carbocycles. The zero-order valence-electron chi connectivity index (χ0n) is 8.94. The summed E-state index contributed by atoms with van der Waals surface area (Å²) in [5.41, 5.74) is 1.65. The second-order valence-electron chi connectivity index (χ2n) is 4.34. The Hall–Kier alpha value is -1.06. The summed E-state index contributed by atoms with van der Waals surface area (Å²) >= 11 is 0. The van der Waals surface area contributed by atoms with Crippen molar-refractivity contribution in [1.29, 1.82) is 0 Å². The Morgan fingerprint density at radius 1 is 1.14 bits per heavy atom. The maximum Gasteiger partial charge on any atom is 0.0614 e. The van der Waals surface area contributed by atoms with Gasteiger partial charge in [0.1, 0.15) is 0 Å². The Morgan fingerprint density at radius 2 is 1.71 bits per heavy atom. The van der Waals surface area contributed by atoms with Crippen LogP contribution in [0.25, 0.3) is 0 Å². The number of hydrogen-bond donors (Lipinski definition) is 2. The molecule has 0 saturated heterocycles. The monoisotopic (exact) mass is 198 g/mol. The van der Waals surface area contributed by atoms with Crippen LogP contribution in [0.15, 0.2) is 10.3 Å². The molecule has 0 amide bonds. The molecule has 2 N–H and O–H groups in total. The van der Waals surface area contributed by atoms with Gasteiger partial charge in [0.15, 0.2) is 0 Å². The van der Waals surface area contributed by atoms with Gasteiger partial charge < -0.3 is 10.4 Å². The average molecular weight is 198 g/mol. The molecule has 0 bridgehead atoms. The number of hydrogen-bond acceptors (Lipinski definition) is 4. The molecule has 1 saturated carbocycles. The van der Waals surface area contributed by atoms with Crippen molar-refractivity contribution in [3.63, 3.8) is 0 Å². The first kappa shape index (κ1) is 11.0. The Kier molecular flexibility index (Phi) is 3.49. The summed E-state index contributed by atoms with van der Waals surface area (Å²) in [6, 6.07) is 0. The van der Waals surface area contributed by atoms with E-state index in [-0.39, 0.29) is 11.8 Å². The van der Waals surface area contributed by atoms with Crippen LogP contribution in [-0.4, -0.2) is 21.8 Å². The topological polar surface area (TPSA) is 65.2 Å². The minimum Gasteiger partial charge on any atom is -0.411 e. The van der Waals surface area contributed by atoms with Crippen molar-refractivity contribution in [2.24, 2.45) is 28.1 Å². The van der Waals surface area contributed by atoms with Crippen LogP contribution < -0.4 is 0 Å². The number of rotatable bonds is 1. The Bertz CT molecular complexity index is 259. The molecule has 0 aromatic rings. The Balaban J connectivity index is 2.85. The summed E-state index contributed by atoms with van der Waals surface area (Å²) < 4.78 is 0. The molecule has 14 heavy (non-hydrogen) atoms. The summed E-state index contributed by atoms with van der Waals surface area (Å²) in [5, 5.41) is 24.3. The first-order chi connectivity index (χ1) is 6.60. The van der Waals surface area contributed by atoms with Gasteiger partial charge in [0.2, 0.25) is 0 Å². The molecule has 0 unspecified atom stereocenters. The van der Waals surface area contributed by atoms with E-state index in [2.05, 4.69) is 24.2 Å². The lowest BCUT2D eigenvalue weighted by Gasteiger charge is -2.30. The highest BCUT2D eigenvalue weighted by atomic mass is 16.4. The standard InChI is InChI=1S/C10H18N2O2/c1-6(2)8-5-9(11-13)7(3)4-10(8)12-14/h6-8,13-14H,4-5H2,1-3H3/b11-9+,12-10-/t7-,8+/m1/s1. The minimum absolute atomic E-state index is 0.181. The molecular formula is C10H18N2O2. The lowest BCUT2D eigenvalue weighted by atomic mass is 9.75. The predicted octanol–water partition coefficient (Wildman–Crippen LogP) is 2.35. The van der Waals surface area contributed by atoms with E-state index >= 15 is 0 Å². The normalized spacial score (nSPS) is 34.3. The quantitative estimate of drug-likeness (QED) is 0.501. The molecule has 0 spiro atoms. The van der Waals surface area contributed by atoms with E-state index in [9.17, 15) is 0 Å². The summed E-state index contributed by atoms with van der Waals surface area (Å²) in [5.74, 6) is 0.799. The maximum absolute atomic E-state index is 8.87. The SMILES string of the molecule is CC(C)[C@@H]1C/C(=N\O)[C@H](C)C/C1=N/O. The number of oxime groups is 2. The lowest BCUT2D eigenvalue weighted by Crippen LogP contribution is -2.34. The van der Waals surface area contributed by atoms with Gasteiger partial charge in [-0.1, -0.05) is 31.1 Å². The minimum atomic E-state index is 0.181. The van der Waals surface area contributed by atoms with Crippen molar-refractivity contribution in [3.05, 3.63) is 0 Å². The molecule has 1 fully saturated rings. The van der Waals surface area contributed by atoms with Crippen LogP contribution in [0.4, 0.5) is 0 Å². The molecule has 4 heteroatoms. The third kappa shape index (κ3) is 2.05. The third-order valence-corrected chi connectivity index (χ3v) is 3.00. The summed E-state index contributed by atoms with van der Waals surface area (Å²) in [4.78, 5) is 0. The van der Waals surface area contributed by atoms with Crippen LogP contribution in [0.5, 0.6) is 0 Å². The van der Waals surface area contributed by atoms with Gasteiger partial charge in [0, 0.05) is 11.8 Å². The molecule has 0 aromatic carbocycles. The van der Waals surface area contributed by atoms with E-state index in [1.807, 2.05) is 6.92 Å². The molecule has 0 radical (unpaired) electrons. The fourth-order valence-corrected chi connectivity index (χ4v) is 2.00. The van der Waals surface area contributed by atoms with E-state index in [0.717, 1.165) is 11.4 Å². The van der Waals surface area contributed by atoms with E-state index in [0.29, 0.717) is 18.8 Å². The molecule has 4 nitrogen and oxygen atoms in total. The van der Waals surface area contributed by atoms with E-state index in [1.54, 1.807) is 0 Å². The molecule has 0 heterocycles. The van der Waals surface area contributed by atoms with Crippen LogP contribution in [0.1, 0.15) is 33.6 Å². The summed E-state index contributed by atoms with van der Waals surface area (Å²) in [6.07, 6.45) is 1.40. The van der Waals surface area contributed by atoms with Crippen LogP contribution in [0.2, 0.25) is 0 Å². The van der Waals surface area contributed by atoms with E-state index in [1.165, 1.54) is 0 Å². The van der Waals surface area contributed by atoms with Crippen molar-refractivity contribution in [2.75, 3.05) is 0 Å². The second-order valence-corrected chi connectivity index (χ2v) is 4.34. The van der Waals surface area contributed by atoms with Crippen molar-refractivity contribution in [2.45, 2.75) is 33.6 Å². The van der Waals surface area contributed by atoms with Gasteiger partial charge in [-0.05, 0) is 18.8 Å². The van der Waals surface area contributed by atoms with Crippen molar-refractivity contribution in [1.82, 2.24) is 0 Å². The highest BCUT2D eigenvalue weighted by molar-refractivity contribution is 6.00. The van der Waals surface area contributed by atoms with Gasteiger partial charge in [-0.2, -0.15) is 0 Å². The number of nitrogens with zero attached hydrogens (tertiary/aromatic N) is 2. The van der Waals surface area contributed by atoms with Crippen molar-refractivity contribution < 1.29 is 10.4 Å². The molecule has 1 aliphatic rings. The molecule has 1 rings (SSSR count). The van der Waals surface area contributed by atoms with Gasteiger partial charge in [0.05, 0.1) is 11.4 Å². The smallest absolute Gasteiger partial charge is 0.0614 e. The third-order valence-electron chi connectivity index (χ3n) is 3.00. The first-order valence-corrected chi connectivity index (χ1v) is 5.01. The van der Waals surface area contributed by atoms with Gasteiger partial charge in [-0.25, -0.2) is 0 Å². The lowest BCUT2D eigenvalue weighted by molar-refractivity contribution is 0.298. The van der Waals surface area contributed by atoms with Crippen molar-refractivity contribution >= 4 is 11.4 Å². The van der Waals surface area contributed by atoms with E-state index in [4.69, 9.17) is 10.4 Å². The molecule has 0 aromatic heterocycles. The molecule has 80 valence electrons. The van der Waals surface area contributed by atoms with Crippen LogP contribution >= 0.6 is 0 Å². The van der Waals surface area contributed by atoms with Gasteiger partial charge >= 0.3 is 0 Å². The fraction of sp³-hybridized carbons (Fsp3) is 0.800. The van der Waals surface area contributed by atoms with Gasteiger partial charge in [0.25, 0.3) is 0 Å². The Labute approximate surface area is 84.3 Å². The zero-order valence-corrected chi connectivity index (χ0v) is 8.94. The Morgan fingerprint density at radius 3 is 2.14 bits per heavy atom. The van der Waals surface area contributed by atoms with Gasteiger partial charge in [-0.3, -0.25) is 0 Å². The first-order valence-electron chi connectivity index (χ1n) is 5.01. The molecule has 2 atom stereocenters. The van der Waals surface area contributed by atoms with Gasteiger partial charge in [-0.15, -0.1) is 0 Å². The largest absolute Gasteiger partial charge is 0.411 e. The second kappa shape index (κ2) is 4.44. The fourth-order valence-electron chi connectivity index (χ4n) is 2.00. The van der Waals surface area contributed by atoms with Crippen LogP contribution in [-0.2, 0) is 0 Å². The molecular weight excluding hydrogens is 180 g/mol. The van der Waals surface area contributed by atoms with Crippen LogP contribution in [0.3, 0.4) is 0 Å². The van der Waals surface area contributed by atoms with E-state index < -0.39 is 0 Å². The highest BCUT2D eigenvalue weighted by Crippen LogP contribution is 2.29. The average Bonchev–Trinajstić information content (AvgIpc) is 2.16. The highest BCUT2D eigenvalue weighted by Gasteiger charge is 2.31. The van der Waals surface area contributed by atoms with Crippen molar-refractivity contribution in [3.8, 4) is 0 Å². The zero-order chi connectivity index (χ0) is 10.7. The predicted molar refractivity (Wildman–Crippen MR) is 55.2 cm³/mol.